The van der Waals surface area contributed by atoms with Crippen LogP contribution in [0.3, 0.4) is 0 Å². The van der Waals surface area contributed by atoms with Gasteiger partial charge in [0.05, 0.1) is 12.1 Å². The molecule has 0 spiro atoms. The molecule has 0 aliphatic carbocycles. The SMILES string of the molecule is CCn1ncc(C(C(=O)O)C(C)C)c1Cl. The molecular weight excluding hydrogens is 216 g/mol. The Morgan fingerprint density at radius 1 is 1.67 bits per heavy atom. The van der Waals surface area contributed by atoms with E-state index in [1.54, 1.807) is 10.9 Å². The fourth-order valence-corrected chi connectivity index (χ4v) is 1.92. The molecule has 0 radical (unpaired) electrons. The van der Waals surface area contributed by atoms with Crippen molar-refractivity contribution in [2.75, 3.05) is 0 Å². The highest BCUT2D eigenvalue weighted by Crippen LogP contribution is 2.30. The van der Waals surface area contributed by atoms with Crippen LogP contribution in [0.4, 0.5) is 0 Å². The van der Waals surface area contributed by atoms with Gasteiger partial charge in [-0.1, -0.05) is 25.4 Å². The van der Waals surface area contributed by atoms with Crippen molar-refractivity contribution < 1.29 is 9.90 Å². The van der Waals surface area contributed by atoms with Gasteiger partial charge in [0, 0.05) is 12.1 Å². The maximum absolute atomic E-state index is 11.1. The maximum atomic E-state index is 11.1. The standard InChI is InChI=1S/C10H15ClN2O2/c1-4-13-9(11)7(5-12-13)8(6(2)3)10(14)15/h5-6,8H,4H2,1-3H3,(H,14,15). The summed E-state index contributed by atoms with van der Waals surface area (Å²) in [5.74, 6) is -1.45. The van der Waals surface area contributed by atoms with Gasteiger partial charge in [-0.2, -0.15) is 5.10 Å². The van der Waals surface area contributed by atoms with Crippen molar-refractivity contribution in [1.82, 2.24) is 9.78 Å². The minimum Gasteiger partial charge on any atom is -0.481 e. The van der Waals surface area contributed by atoms with Gasteiger partial charge in [0.15, 0.2) is 0 Å². The zero-order valence-corrected chi connectivity index (χ0v) is 9.82. The summed E-state index contributed by atoms with van der Waals surface area (Å²) in [4.78, 5) is 11.1. The molecule has 0 saturated carbocycles. The quantitative estimate of drug-likeness (QED) is 0.864. The molecule has 84 valence electrons. The summed E-state index contributed by atoms with van der Waals surface area (Å²) >= 11 is 6.04. The first kappa shape index (κ1) is 12.0. The number of hydrogen-bond donors (Lipinski definition) is 1. The second-order valence-corrected chi connectivity index (χ2v) is 4.12. The van der Waals surface area contributed by atoms with Gasteiger partial charge in [-0.3, -0.25) is 9.48 Å². The zero-order chi connectivity index (χ0) is 11.6. The lowest BCUT2D eigenvalue weighted by molar-refractivity contribution is -0.139. The molecule has 0 saturated heterocycles. The topological polar surface area (TPSA) is 55.1 Å². The van der Waals surface area contributed by atoms with Crippen LogP contribution in [-0.4, -0.2) is 20.9 Å². The van der Waals surface area contributed by atoms with Crippen LogP contribution >= 0.6 is 11.6 Å². The highest BCUT2D eigenvalue weighted by atomic mass is 35.5. The van der Waals surface area contributed by atoms with Crippen LogP contribution in [0.5, 0.6) is 0 Å². The Balaban J connectivity index is 3.12. The van der Waals surface area contributed by atoms with Crippen molar-refractivity contribution in [3.63, 3.8) is 0 Å². The third-order valence-electron chi connectivity index (χ3n) is 2.37. The van der Waals surface area contributed by atoms with Gasteiger partial charge in [0.25, 0.3) is 0 Å². The molecule has 0 bridgehead atoms. The highest BCUT2D eigenvalue weighted by Gasteiger charge is 2.27. The predicted molar refractivity (Wildman–Crippen MR) is 58.1 cm³/mol. The van der Waals surface area contributed by atoms with Crippen molar-refractivity contribution in [2.45, 2.75) is 33.2 Å². The van der Waals surface area contributed by atoms with Crippen molar-refractivity contribution in [1.29, 1.82) is 0 Å². The van der Waals surface area contributed by atoms with Crippen molar-refractivity contribution in [2.24, 2.45) is 5.92 Å². The first-order valence-corrected chi connectivity index (χ1v) is 5.30. The lowest BCUT2D eigenvalue weighted by Crippen LogP contribution is -2.17. The van der Waals surface area contributed by atoms with Crippen LogP contribution in [0.25, 0.3) is 0 Å². The summed E-state index contributed by atoms with van der Waals surface area (Å²) in [6.07, 6.45) is 1.55. The van der Waals surface area contributed by atoms with E-state index in [4.69, 9.17) is 16.7 Å². The molecule has 4 nitrogen and oxygen atoms in total. The Labute approximate surface area is 93.9 Å². The van der Waals surface area contributed by atoms with Crippen LogP contribution < -0.4 is 0 Å². The van der Waals surface area contributed by atoms with E-state index in [0.29, 0.717) is 17.3 Å². The second-order valence-electron chi connectivity index (χ2n) is 3.77. The number of carboxylic acids is 1. The van der Waals surface area contributed by atoms with Crippen LogP contribution in [0, 0.1) is 5.92 Å². The Bertz CT molecular complexity index is 360. The van der Waals surface area contributed by atoms with Gasteiger partial charge in [-0.15, -0.1) is 0 Å². The molecule has 0 amide bonds. The molecule has 0 aliphatic rings. The molecule has 0 aliphatic heterocycles. The van der Waals surface area contributed by atoms with E-state index >= 15 is 0 Å². The van der Waals surface area contributed by atoms with Crippen molar-refractivity contribution in [3.05, 3.63) is 16.9 Å². The number of aromatic nitrogens is 2. The van der Waals surface area contributed by atoms with Gasteiger partial charge < -0.3 is 5.11 Å². The fraction of sp³-hybridized carbons (Fsp3) is 0.600. The Hall–Kier alpha value is -1.03. The molecular formula is C10H15ClN2O2. The number of halogens is 1. The number of hydrogen-bond acceptors (Lipinski definition) is 2. The van der Waals surface area contributed by atoms with Crippen LogP contribution in [0.15, 0.2) is 6.20 Å². The summed E-state index contributed by atoms with van der Waals surface area (Å²) < 4.78 is 1.59. The molecule has 1 heterocycles. The largest absolute Gasteiger partial charge is 0.481 e. The number of carbonyl (C=O) groups is 1. The minimum absolute atomic E-state index is 0.00509. The van der Waals surface area contributed by atoms with Gasteiger partial charge in [0.2, 0.25) is 0 Å². The highest BCUT2D eigenvalue weighted by molar-refractivity contribution is 6.30. The normalized spacial score (nSPS) is 13.1. The number of nitrogens with zero attached hydrogens (tertiary/aromatic N) is 2. The molecule has 1 rings (SSSR count). The average molecular weight is 231 g/mol. The van der Waals surface area contributed by atoms with Crippen LogP contribution in [-0.2, 0) is 11.3 Å². The van der Waals surface area contributed by atoms with Crippen LogP contribution in [0.1, 0.15) is 32.3 Å². The third-order valence-corrected chi connectivity index (χ3v) is 2.78. The number of carboxylic acid groups (broad SMARTS) is 1. The fourth-order valence-electron chi connectivity index (χ4n) is 1.59. The second kappa shape index (κ2) is 4.66. The molecule has 1 atom stereocenters. The van der Waals surface area contributed by atoms with Crippen molar-refractivity contribution >= 4 is 17.6 Å². The number of aliphatic carboxylic acids is 1. The Morgan fingerprint density at radius 2 is 2.27 bits per heavy atom. The monoisotopic (exact) mass is 230 g/mol. The van der Waals surface area contributed by atoms with Gasteiger partial charge in [-0.05, 0) is 12.8 Å². The summed E-state index contributed by atoms with van der Waals surface area (Å²) in [7, 11) is 0. The van der Waals surface area contributed by atoms with E-state index in [0.717, 1.165) is 0 Å². The molecule has 1 aromatic heterocycles. The predicted octanol–water partition coefficient (Wildman–Crippen LogP) is 2.38. The lowest BCUT2D eigenvalue weighted by Gasteiger charge is -2.14. The maximum Gasteiger partial charge on any atom is 0.311 e. The summed E-state index contributed by atoms with van der Waals surface area (Å²) in [5, 5.41) is 13.6. The minimum atomic E-state index is -0.859. The van der Waals surface area contributed by atoms with Crippen molar-refractivity contribution in [3.8, 4) is 0 Å². The van der Waals surface area contributed by atoms with E-state index in [1.807, 2.05) is 20.8 Å². The average Bonchev–Trinajstić information content (AvgIpc) is 2.47. The molecule has 1 N–H and O–H groups in total. The molecule has 0 fully saturated rings. The number of aryl methyl sites for hydroxylation is 1. The summed E-state index contributed by atoms with van der Waals surface area (Å²) in [5.41, 5.74) is 0.598. The van der Waals surface area contributed by atoms with Crippen LogP contribution in [0.2, 0.25) is 5.15 Å². The zero-order valence-electron chi connectivity index (χ0n) is 9.07. The molecule has 1 aromatic rings. The summed E-state index contributed by atoms with van der Waals surface area (Å²) in [6, 6.07) is 0. The smallest absolute Gasteiger partial charge is 0.311 e. The Kier molecular flexibility index (Phi) is 3.74. The van der Waals surface area contributed by atoms with E-state index in [2.05, 4.69) is 5.10 Å². The first-order chi connectivity index (χ1) is 6.99. The van der Waals surface area contributed by atoms with Gasteiger partial charge >= 0.3 is 5.97 Å². The molecule has 15 heavy (non-hydrogen) atoms. The van der Waals surface area contributed by atoms with E-state index in [1.165, 1.54) is 0 Å². The van der Waals surface area contributed by atoms with Gasteiger partial charge in [-0.25, -0.2) is 0 Å². The lowest BCUT2D eigenvalue weighted by atomic mass is 9.91. The van der Waals surface area contributed by atoms with E-state index < -0.39 is 11.9 Å². The van der Waals surface area contributed by atoms with E-state index in [-0.39, 0.29) is 5.92 Å². The molecule has 0 aromatic carbocycles. The Morgan fingerprint density at radius 3 is 2.60 bits per heavy atom. The summed E-state index contributed by atoms with van der Waals surface area (Å²) in [6.45, 7) is 6.27. The molecule has 1 unspecified atom stereocenters. The molecule has 5 heteroatoms. The third kappa shape index (κ3) is 2.31. The van der Waals surface area contributed by atoms with E-state index in [9.17, 15) is 4.79 Å². The number of rotatable bonds is 4. The van der Waals surface area contributed by atoms with Gasteiger partial charge in [0.1, 0.15) is 5.15 Å². The first-order valence-electron chi connectivity index (χ1n) is 4.93.